The summed E-state index contributed by atoms with van der Waals surface area (Å²) in [4.78, 5) is 7.51. The molecular weight excluding hydrogens is 340 g/mol. The van der Waals surface area contributed by atoms with Crippen molar-refractivity contribution in [2.24, 2.45) is 22.9 Å². The van der Waals surface area contributed by atoms with Crippen molar-refractivity contribution in [2.75, 3.05) is 6.54 Å². The van der Waals surface area contributed by atoms with Crippen molar-refractivity contribution >= 4 is 11.3 Å². The first-order chi connectivity index (χ1) is 12.7. The van der Waals surface area contributed by atoms with Crippen molar-refractivity contribution in [3.05, 3.63) is 51.3 Å². The number of nitrogens with zero attached hydrogens (tertiary/aromatic N) is 4. The molecule has 26 heavy (non-hydrogen) atoms. The summed E-state index contributed by atoms with van der Waals surface area (Å²) in [5, 5.41) is 6.74. The minimum Gasteiger partial charge on any atom is -0.241 e. The molecule has 134 valence electrons. The predicted octanol–water partition coefficient (Wildman–Crippen LogP) is 6.13. The number of rotatable bonds is 5. The molecule has 4 aliphatic rings. The molecule has 1 heterocycles. The van der Waals surface area contributed by atoms with Crippen LogP contribution in [0, 0.1) is 17.8 Å². The molecule has 4 fully saturated rings. The fraction of sp³-hybridized carbons (Fsp3) is 0.571. The predicted molar refractivity (Wildman–Crippen MR) is 105 cm³/mol. The summed E-state index contributed by atoms with van der Waals surface area (Å²) in [5.74, 6) is 2.95. The molecule has 0 radical (unpaired) electrons. The van der Waals surface area contributed by atoms with Gasteiger partial charge in [0, 0.05) is 22.4 Å². The SMILES string of the molecule is [N-]=[N+]=NCCc1csc(-c2ccc(C34CC5CC(CC(C5)C3)C4)cc2)n1. The van der Waals surface area contributed by atoms with Gasteiger partial charge in [0.05, 0.1) is 5.69 Å². The van der Waals surface area contributed by atoms with Crippen molar-refractivity contribution in [1.29, 1.82) is 0 Å². The van der Waals surface area contributed by atoms with E-state index >= 15 is 0 Å². The molecular formula is C21H24N4S. The number of thiazole rings is 1. The van der Waals surface area contributed by atoms with Gasteiger partial charge in [0.25, 0.3) is 0 Å². The number of benzene rings is 1. The van der Waals surface area contributed by atoms with Gasteiger partial charge in [-0.05, 0) is 79.2 Å². The molecule has 0 unspecified atom stereocenters. The standard InChI is InChI=1S/C21H24N4S/c22-25-23-6-5-19-13-26-20(24-19)17-1-3-18(4-2-17)21-10-14-7-15(11-21)9-16(8-14)12-21/h1-4,13-16H,5-12H2. The fourth-order valence-corrected chi connectivity index (χ4v) is 7.05. The largest absolute Gasteiger partial charge is 0.241 e. The summed E-state index contributed by atoms with van der Waals surface area (Å²) < 4.78 is 0. The first-order valence-corrected chi connectivity index (χ1v) is 10.7. The second-order valence-corrected chi connectivity index (χ2v) is 9.48. The van der Waals surface area contributed by atoms with Gasteiger partial charge in [-0.15, -0.1) is 11.3 Å². The van der Waals surface area contributed by atoms with Crippen LogP contribution in [0.15, 0.2) is 34.8 Å². The summed E-state index contributed by atoms with van der Waals surface area (Å²) in [5.41, 5.74) is 12.6. The summed E-state index contributed by atoms with van der Waals surface area (Å²) >= 11 is 1.68. The Morgan fingerprint density at radius 3 is 2.35 bits per heavy atom. The quantitative estimate of drug-likeness (QED) is 0.357. The van der Waals surface area contributed by atoms with Crippen molar-refractivity contribution in [3.8, 4) is 10.6 Å². The van der Waals surface area contributed by atoms with Gasteiger partial charge in [-0.3, -0.25) is 0 Å². The number of hydrogen-bond acceptors (Lipinski definition) is 3. The van der Waals surface area contributed by atoms with Crippen molar-refractivity contribution in [3.63, 3.8) is 0 Å². The maximum atomic E-state index is 8.38. The van der Waals surface area contributed by atoms with E-state index < -0.39 is 0 Å². The molecule has 0 atom stereocenters. The molecule has 4 aliphatic carbocycles. The van der Waals surface area contributed by atoms with E-state index in [0.29, 0.717) is 18.4 Å². The van der Waals surface area contributed by atoms with Crippen LogP contribution in [0.5, 0.6) is 0 Å². The Kier molecular flexibility index (Phi) is 4.02. The van der Waals surface area contributed by atoms with Crippen LogP contribution in [0.1, 0.15) is 49.8 Å². The third-order valence-electron chi connectivity index (χ3n) is 6.87. The van der Waals surface area contributed by atoms with E-state index in [1.807, 2.05) is 0 Å². The van der Waals surface area contributed by atoms with Crippen LogP contribution < -0.4 is 0 Å². The zero-order chi connectivity index (χ0) is 17.6. The molecule has 6 rings (SSSR count). The van der Waals surface area contributed by atoms with Gasteiger partial charge < -0.3 is 0 Å². The number of hydrogen-bond donors (Lipinski definition) is 0. The average Bonchev–Trinajstić information content (AvgIpc) is 3.10. The van der Waals surface area contributed by atoms with Crippen LogP contribution in [0.25, 0.3) is 21.0 Å². The molecule has 2 aromatic rings. The Hall–Kier alpha value is -1.84. The minimum atomic E-state index is 0.469. The zero-order valence-electron chi connectivity index (χ0n) is 15.0. The van der Waals surface area contributed by atoms with Crippen LogP contribution in [0.4, 0.5) is 0 Å². The van der Waals surface area contributed by atoms with E-state index in [-0.39, 0.29) is 0 Å². The smallest absolute Gasteiger partial charge is 0.123 e. The van der Waals surface area contributed by atoms with Crippen molar-refractivity contribution < 1.29 is 0 Å². The lowest BCUT2D eigenvalue weighted by Crippen LogP contribution is -2.48. The molecule has 0 N–H and O–H groups in total. The first kappa shape index (κ1) is 16.3. The highest BCUT2D eigenvalue weighted by molar-refractivity contribution is 7.13. The molecule has 0 aliphatic heterocycles. The second kappa shape index (κ2) is 6.40. The summed E-state index contributed by atoms with van der Waals surface area (Å²) in [7, 11) is 0. The van der Waals surface area contributed by atoms with Gasteiger partial charge in [0.15, 0.2) is 0 Å². The molecule has 0 amide bonds. The third kappa shape index (κ3) is 2.83. The monoisotopic (exact) mass is 364 g/mol. The lowest BCUT2D eigenvalue weighted by molar-refractivity contribution is -0.00518. The Morgan fingerprint density at radius 1 is 1.08 bits per heavy atom. The summed E-state index contributed by atoms with van der Waals surface area (Å²) in [6.45, 7) is 0.477. The molecule has 5 heteroatoms. The zero-order valence-corrected chi connectivity index (χ0v) is 15.8. The van der Waals surface area contributed by atoms with Gasteiger partial charge in [0.2, 0.25) is 0 Å². The second-order valence-electron chi connectivity index (χ2n) is 8.62. The van der Waals surface area contributed by atoms with Crippen LogP contribution in [0.3, 0.4) is 0 Å². The Labute approximate surface area is 158 Å². The molecule has 4 nitrogen and oxygen atoms in total. The van der Waals surface area contributed by atoms with E-state index in [4.69, 9.17) is 10.5 Å². The summed E-state index contributed by atoms with van der Waals surface area (Å²) in [6, 6.07) is 9.29. The van der Waals surface area contributed by atoms with Crippen LogP contribution >= 0.6 is 11.3 Å². The average molecular weight is 365 g/mol. The summed E-state index contributed by atoms with van der Waals surface area (Å²) in [6.07, 6.45) is 9.45. The van der Waals surface area contributed by atoms with Gasteiger partial charge in [-0.1, -0.05) is 29.4 Å². The Bertz CT molecular complexity index is 812. The van der Waals surface area contributed by atoms with Crippen LogP contribution in [-0.2, 0) is 11.8 Å². The highest BCUT2D eigenvalue weighted by atomic mass is 32.1. The van der Waals surface area contributed by atoms with E-state index in [0.717, 1.165) is 28.5 Å². The van der Waals surface area contributed by atoms with Crippen molar-refractivity contribution in [2.45, 2.75) is 50.4 Å². The van der Waals surface area contributed by atoms with Gasteiger partial charge in [-0.25, -0.2) is 4.98 Å². The Balaban J connectivity index is 1.36. The van der Waals surface area contributed by atoms with E-state index in [9.17, 15) is 0 Å². The fourth-order valence-electron chi connectivity index (χ4n) is 6.19. The molecule has 0 saturated heterocycles. The molecule has 1 aromatic heterocycles. The van der Waals surface area contributed by atoms with E-state index in [1.54, 1.807) is 16.9 Å². The minimum absolute atomic E-state index is 0.469. The topological polar surface area (TPSA) is 61.7 Å². The highest BCUT2D eigenvalue weighted by Crippen LogP contribution is 2.60. The van der Waals surface area contributed by atoms with Gasteiger partial charge in [-0.2, -0.15) is 0 Å². The maximum absolute atomic E-state index is 8.38. The first-order valence-electron chi connectivity index (χ1n) is 9.80. The molecule has 1 aromatic carbocycles. The lowest BCUT2D eigenvalue weighted by atomic mass is 9.48. The van der Waals surface area contributed by atoms with Crippen LogP contribution in [-0.4, -0.2) is 11.5 Å². The molecule has 0 spiro atoms. The van der Waals surface area contributed by atoms with Crippen LogP contribution in [0.2, 0.25) is 0 Å². The number of azide groups is 1. The Morgan fingerprint density at radius 2 is 1.73 bits per heavy atom. The van der Waals surface area contributed by atoms with E-state index in [2.05, 4.69) is 39.7 Å². The highest BCUT2D eigenvalue weighted by Gasteiger charge is 2.51. The van der Waals surface area contributed by atoms with Crippen molar-refractivity contribution in [1.82, 2.24) is 4.98 Å². The molecule has 4 bridgehead atoms. The maximum Gasteiger partial charge on any atom is 0.123 e. The normalized spacial score (nSPS) is 31.8. The van der Waals surface area contributed by atoms with Gasteiger partial charge in [0.1, 0.15) is 5.01 Å². The lowest BCUT2D eigenvalue weighted by Gasteiger charge is -2.57. The van der Waals surface area contributed by atoms with Gasteiger partial charge >= 0.3 is 0 Å². The third-order valence-corrected chi connectivity index (χ3v) is 7.81. The van der Waals surface area contributed by atoms with E-state index in [1.165, 1.54) is 44.1 Å². The molecule has 4 saturated carbocycles. The number of aromatic nitrogens is 1.